The van der Waals surface area contributed by atoms with E-state index in [-0.39, 0.29) is 6.10 Å². The summed E-state index contributed by atoms with van der Waals surface area (Å²) in [5.74, 6) is -0.493. The van der Waals surface area contributed by atoms with Gasteiger partial charge in [0.15, 0.2) is 5.06 Å². The molecular formula is C22H32N2O4S2. The minimum absolute atomic E-state index is 0.223. The highest BCUT2D eigenvalue weighted by Gasteiger charge is 2.48. The topological polar surface area (TPSA) is 70.1 Å². The fourth-order valence-electron chi connectivity index (χ4n) is 4.45. The molecule has 2 aliphatic heterocycles. The molecule has 0 bridgehead atoms. The fraction of sp³-hybridized carbons (Fsp3) is 0.636. The standard InChI is InChI=1S/C22H32N2O4S2/c1-16(2)23-11-8-19(9-12-23)28-21-14-18-7-13-24(15-20(18)29-21)30(26,27)22(25)10-5-4-6-17(22)3/h4-6,10,14,16-17,19,25H,7-9,11-13,15H2,1-3H3. The highest BCUT2D eigenvalue weighted by molar-refractivity contribution is 7.90. The molecule has 6 nitrogen and oxygen atoms in total. The van der Waals surface area contributed by atoms with Gasteiger partial charge in [-0.2, -0.15) is 4.31 Å². The number of aliphatic hydroxyl groups is 1. The number of thiophene rings is 1. The number of nitrogens with zero attached hydrogens (tertiary/aromatic N) is 2. The Morgan fingerprint density at radius 2 is 1.97 bits per heavy atom. The average molecular weight is 453 g/mol. The van der Waals surface area contributed by atoms with Crippen LogP contribution in [0.15, 0.2) is 30.4 Å². The Morgan fingerprint density at radius 3 is 2.63 bits per heavy atom. The predicted molar refractivity (Wildman–Crippen MR) is 120 cm³/mol. The number of fused-ring (bicyclic) bond motifs is 1. The van der Waals surface area contributed by atoms with E-state index in [1.807, 2.05) is 0 Å². The van der Waals surface area contributed by atoms with Crippen LogP contribution in [0.4, 0.5) is 0 Å². The largest absolute Gasteiger partial charge is 0.481 e. The number of sulfonamides is 1. The smallest absolute Gasteiger partial charge is 0.248 e. The monoisotopic (exact) mass is 452 g/mol. The summed E-state index contributed by atoms with van der Waals surface area (Å²) in [5.41, 5.74) is 1.17. The van der Waals surface area contributed by atoms with E-state index in [1.54, 1.807) is 36.5 Å². The molecule has 1 N–H and O–H groups in total. The lowest BCUT2D eigenvalue weighted by Crippen LogP contribution is -2.52. The number of piperidine rings is 1. The molecule has 1 aromatic heterocycles. The van der Waals surface area contributed by atoms with E-state index in [9.17, 15) is 13.5 Å². The molecule has 8 heteroatoms. The molecule has 3 heterocycles. The summed E-state index contributed by atoms with van der Waals surface area (Å²) >= 11 is 1.55. The molecule has 2 unspecified atom stereocenters. The van der Waals surface area contributed by atoms with Crippen LogP contribution in [0, 0.1) is 5.92 Å². The zero-order valence-corrected chi connectivity index (χ0v) is 19.6. The summed E-state index contributed by atoms with van der Waals surface area (Å²) in [7, 11) is -3.90. The minimum Gasteiger partial charge on any atom is -0.481 e. The molecule has 4 rings (SSSR count). The predicted octanol–water partition coefficient (Wildman–Crippen LogP) is 3.14. The van der Waals surface area contributed by atoms with Crippen molar-refractivity contribution >= 4 is 21.4 Å². The Labute approximate surface area is 183 Å². The third kappa shape index (κ3) is 4.00. The first kappa shape index (κ1) is 22.0. The fourth-order valence-corrected chi connectivity index (χ4v) is 7.51. The molecule has 1 saturated heterocycles. The molecule has 0 spiro atoms. The van der Waals surface area contributed by atoms with Crippen LogP contribution in [-0.2, 0) is 23.0 Å². The molecule has 1 aromatic rings. The van der Waals surface area contributed by atoms with Gasteiger partial charge >= 0.3 is 0 Å². The van der Waals surface area contributed by atoms with Gasteiger partial charge in [-0.1, -0.05) is 25.2 Å². The van der Waals surface area contributed by atoms with Crippen molar-refractivity contribution in [2.24, 2.45) is 5.92 Å². The van der Waals surface area contributed by atoms with Gasteiger partial charge in [-0.3, -0.25) is 0 Å². The van der Waals surface area contributed by atoms with E-state index < -0.39 is 20.9 Å². The number of ether oxygens (including phenoxy) is 1. The Bertz CT molecular complexity index is 929. The summed E-state index contributed by atoms with van der Waals surface area (Å²) in [6.07, 6.45) is 9.42. The van der Waals surface area contributed by atoms with Crippen molar-refractivity contribution in [1.29, 1.82) is 0 Å². The van der Waals surface area contributed by atoms with Crippen LogP contribution < -0.4 is 4.74 Å². The number of allylic oxidation sites excluding steroid dienone is 2. The van der Waals surface area contributed by atoms with Gasteiger partial charge in [-0.15, -0.1) is 11.3 Å². The summed E-state index contributed by atoms with van der Waals surface area (Å²) in [6.45, 7) is 8.97. The maximum atomic E-state index is 13.3. The second kappa shape index (κ2) is 8.39. The van der Waals surface area contributed by atoms with Gasteiger partial charge in [-0.05, 0) is 50.8 Å². The first-order valence-electron chi connectivity index (χ1n) is 10.8. The summed E-state index contributed by atoms with van der Waals surface area (Å²) in [4.78, 5) is 1.61. The third-order valence-electron chi connectivity index (χ3n) is 6.57. The van der Waals surface area contributed by atoms with Crippen molar-refractivity contribution in [2.75, 3.05) is 19.6 Å². The van der Waals surface area contributed by atoms with E-state index in [1.165, 1.54) is 15.9 Å². The molecule has 0 aromatic carbocycles. The molecule has 1 aliphatic carbocycles. The summed E-state index contributed by atoms with van der Waals surface area (Å²) in [6, 6.07) is 2.65. The van der Waals surface area contributed by atoms with Gasteiger partial charge in [0.2, 0.25) is 15.0 Å². The van der Waals surface area contributed by atoms with Gasteiger partial charge in [0.05, 0.1) is 0 Å². The van der Waals surface area contributed by atoms with Gasteiger partial charge in [0.1, 0.15) is 6.10 Å². The number of hydrogen-bond donors (Lipinski definition) is 1. The van der Waals surface area contributed by atoms with E-state index in [4.69, 9.17) is 4.74 Å². The molecule has 3 aliphatic rings. The van der Waals surface area contributed by atoms with E-state index in [0.29, 0.717) is 25.6 Å². The number of likely N-dealkylation sites (tertiary alicyclic amines) is 1. The minimum atomic E-state index is -3.90. The van der Waals surface area contributed by atoms with Crippen LogP contribution >= 0.6 is 11.3 Å². The van der Waals surface area contributed by atoms with Gasteiger partial charge in [-0.25, -0.2) is 8.42 Å². The van der Waals surface area contributed by atoms with Crippen LogP contribution in [0.25, 0.3) is 0 Å². The lowest BCUT2D eigenvalue weighted by atomic mass is 9.99. The molecular weight excluding hydrogens is 420 g/mol. The van der Waals surface area contributed by atoms with Gasteiger partial charge in [0.25, 0.3) is 0 Å². The quantitative estimate of drug-likeness (QED) is 0.743. The molecule has 0 saturated carbocycles. The zero-order chi connectivity index (χ0) is 21.5. The van der Waals surface area contributed by atoms with Crippen molar-refractivity contribution in [1.82, 2.24) is 9.21 Å². The Morgan fingerprint density at radius 1 is 1.23 bits per heavy atom. The zero-order valence-electron chi connectivity index (χ0n) is 18.0. The van der Waals surface area contributed by atoms with Gasteiger partial charge < -0.3 is 14.7 Å². The third-order valence-corrected chi connectivity index (χ3v) is 9.94. The van der Waals surface area contributed by atoms with Crippen LogP contribution in [0.3, 0.4) is 0 Å². The summed E-state index contributed by atoms with van der Waals surface area (Å²) in [5, 5.41) is 11.8. The maximum Gasteiger partial charge on any atom is 0.248 e. The van der Waals surface area contributed by atoms with Crippen molar-refractivity contribution in [3.05, 3.63) is 40.8 Å². The van der Waals surface area contributed by atoms with E-state index in [0.717, 1.165) is 35.9 Å². The van der Waals surface area contributed by atoms with Crippen LogP contribution in [0.5, 0.6) is 5.06 Å². The molecule has 1 fully saturated rings. The molecule has 0 amide bonds. The van der Waals surface area contributed by atoms with Crippen molar-refractivity contribution in [3.63, 3.8) is 0 Å². The van der Waals surface area contributed by atoms with Crippen LogP contribution in [0.1, 0.15) is 44.1 Å². The number of hydrogen-bond acceptors (Lipinski definition) is 6. The Kier molecular flexibility index (Phi) is 6.16. The number of rotatable bonds is 5. The van der Waals surface area contributed by atoms with Crippen molar-refractivity contribution in [3.8, 4) is 5.06 Å². The SMILES string of the molecule is CC(C)N1CCC(Oc2cc3c(s2)CN(S(=O)(=O)C2(O)C=CC=CC2C)CC3)CC1. The first-order valence-corrected chi connectivity index (χ1v) is 13.1. The Hall–Kier alpha value is -1.19. The highest BCUT2D eigenvalue weighted by atomic mass is 32.2. The normalized spacial score (nSPS) is 28.8. The second-order valence-corrected chi connectivity index (χ2v) is 12.1. The highest BCUT2D eigenvalue weighted by Crippen LogP contribution is 2.39. The Balaban J connectivity index is 1.43. The summed E-state index contributed by atoms with van der Waals surface area (Å²) < 4.78 is 34.2. The van der Waals surface area contributed by atoms with Crippen molar-refractivity contribution in [2.45, 2.75) is 63.7 Å². The maximum absolute atomic E-state index is 13.3. The molecule has 30 heavy (non-hydrogen) atoms. The lowest BCUT2D eigenvalue weighted by molar-refractivity contribution is 0.0868. The van der Waals surface area contributed by atoms with Crippen molar-refractivity contribution < 1.29 is 18.3 Å². The van der Waals surface area contributed by atoms with Gasteiger partial charge in [0, 0.05) is 43.0 Å². The molecule has 166 valence electrons. The lowest BCUT2D eigenvalue weighted by Gasteiger charge is -2.37. The van der Waals surface area contributed by atoms with Crippen LogP contribution in [0.2, 0.25) is 0 Å². The molecule has 0 radical (unpaired) electrons. The molecule has 2 atom stereocenters. The average Bonchev–Trinajstić information content (AvgIpc) is 3.12. The van der Waals surface area contributed by atoms with E-state index in [2.05, 4.69) is 24.8 Å². The van der Waals surface area contributed by atoms with E-state index >= 15 is 0 Å². The second-order valence-electron chi connectivity index (χ2n) is 8.83. The first-order chi connectivity index (χ1) is 14.2. The van der Waals surface area contributed by atoms with Crippen LogP contribution in [-0.4, -0.2) is 59.4 Å².